The lowest BCUT2D eigenvalue weighted by molar-refractivity contribution is 0.102. The van der Waals surface area contributed by atoms with Crippen molar-refractivity contribution in [3.8, 4) is 17.0 Å². The molecule has 3 aromatic rings. The number of anilines is 2. The third-order valence-corrected chi connectivity index (χ3v) is 5.36. The van der Waals surface area contributed by atoms with Crippen LogP contribution in [-0.2, 0) is 7.05 Å². The molecule has 4 rings (SSSR count). The average molecular weight is 408 g/mol. The summed E-state index contributed by atoms with van der Waals surface area (Å²) in [7, 11) is 3.36. The van der Waals surface area contributed by atoms with Gasteiger partial charge in [0.05, 0.1) is 7.11 Å². The summed E-state index contributed by atoms with van der Waals surface area (Å²) in [5.74, 6) is 0.652. The molecule has 1 saturated heterocycles. The number of aromatic nitrogens is 2. The summed E-state index contributed by atoms with van der Waals surface area (Å²) in [5, 5.41) is 7.67. The number of hydrogen-bond donors (Lipinski definition) is 1. The number of nitrogens with one attached hydrogen (secondary N) is 1. The van der Waals surface area contributed by atoms with E-state index >= 15 is 0 Å². The van der Waals surface area contributed by atoms with Gasteiger partial charge in [0.1, 0.15) is 22.9 Å². The van der Waals surface area contributed by atoms with E-state index in [-0.39, 0.29) is 11.7 Å². The molecular weight excluding hydrogens is 383 g/mol. The Balaban J connectivity index is 1.75. The van der Waals surface area contributed by atoms with E-state index in [0.29, 0.717) is 28.4 Å². The molecule has 0 bridgehead atoms. The van der Waals surface area contributed by atoms with Crippen LogP contribution in [0, 0.1) is 5.82 Å². The number of aryl methyl sites for hydroxylation is 1. The first-order valence-corrected chi connectivity index (χ1v) is 10.1. The number of benzene rings is 2. The molecule has 7 heteroatoms. The van der Waals surface area contributed by atoms with Crippen molar-refractivity contribution in [2.45, 2.75) is 19.3 Å². The maximum atomic E-state index is 13.9. The topological polar surface area (TPSA) is 59.4 Å². The second kappa shape index (κ2) is 8.57. The van der Waals surface area contributed by atoms with Crippen molar-refractivity contribution in [3.63, 3.8) is 0 Å². The number of piperidine rings is 1. The van der Waals surface area contributed by atoms with Gasteiger partial charge in [0, 0.05) is 31.3 Å². The molecular formula is C23H25FN4O2. The Morgan fingerprint density at radius 2 is 1.87 bits per heavy atom. The van der Waals surface area contributed by atoms with Crippen LogP contribution < -0.4 is 15.0 Å². The van der Waals surface area contributed by atoms with Gasteiger partial charge in [-0.25, -0.2) is 4.39 Å². The summed E-state index contributed by atoms with van der Waals surface area (Å²) < 4.78 is 20.8. The summed E-state index contributed by atoms with van der Waals surface area (Å²) in [6.45, 7) is 1.74. The van der Waals surface area contributed by atoms with Gasteiger partial charge in [0.2, 0.25) is 0 Å². The first-order chi connectivity index (χ1) is 14.6. The highest BCUT2D eigenvalue weighted by Gasteiger charge is 2.26. The van der Waals surface area contributed by atoms with Crippen LogP contribution >= 0.6 is 0 Å². The van der Waals surface area contributed by atoms with Gasteiger partial charge >= 0.3 is 0 Å². The van der Waals surface area contributed by atoms with Gasteiger partial charge in [0.25, 0.3) is 5.91 Å². The van der Waals surface area contributed by atoms with Gasteiger partial charge in [-0.15, -0.1) is 0 Å². The predicted octanol–water partition coefficient (Wildman–Crippen LogP) is 4.48. The zero-order chi connectivity index (χ0) is 21.1. The highest BCUT2D eigenvalue weighted by Crippen LogP contribution is 2.38. The smallest absolute Gasteiger partial charge is 0.257 e. The zero-order valence-corrected chi connectivity index (χ0v) is 17.2. The van der Waals surface area contributed by atoms with Crippen molar-refractivity contribution in [2.75, 3.05) is 30.4 Å². The largest absolute Gasteiger partial charge is 0.497 e. The molecule has 2 heterocycles. The van der Waals surface area contributed by atoms with E-state index in [0.717, 1.165) is 31.6 Å². The van der Waals surface area contributed by atoms with E-state index in [9.17, 15) is 9.18 Å². The van der Waals surface area contributed by atoms with Crippen molar-refractivity contribution < 1.29 is 13.9 Å². The van der Waals surface area contributed by atoms with Crippen molar-refractivity contribution in [2.24, 2.45) is 7.05 Å². The number of nitrogens with zero attached hydrogens (tertiary/aromatic N) is 3. The van der Waals surface area contributed by atoms with Crippen molar-refractivity contribution in [3.05, 3.63) is 59.9 Å². The van der Waals surface area contributed by atoms with Crippen molar-refractivity contribution in [1.82, 2.24) is 9.78 Å². The lowest BCUT2D eigenvalue weighted by Crippen LogP contribution is -2.30. The van der Waals surface area contributed by atoms with Gasteiger partial charge in [-0.2, -0.15) is 5.10 Å². The maximum absolute atomic E-state index is 13.9. The van der Waals surface area contributed by atoms with E-state index in [1.54, 1.807) is 49.2 Å². The van der Waals surface area contributed by atoms with Crippen LogP contribution in [0.1, 0.15) is 29.6 Å². The summed E-state index contributed by atoms with van der Waals surface area (Å²) in [4.78, 5) is 15.2. The summed E-state index contributed by atoms with van der Waals surface area (Å²) in [5.41, 5.74) is 2.68. The van der Waals surface area contributed by atoms with Gasteiger partial charge < -0.3 is 15.0 Å². The van der Waals surface area contributed by atoms with Crippen LogP contribution in [0.15, 0.2) is 48.5 Å². The lowest BCUT2D eigenvalue weighted by Gasteiger charge is -2.29. The van der Waals surface area contributed by atoms with Gasteiger partial charge in [-0.05, 0) is 49.6 Å². The minimum absolute atomic E-state index is 0.249. The number of methoxy groups -OCH3 is 1. The third kappa shape index (κ3) is 4.01. The van der Waals surface area contributed by atoms with E-state index in [4.69, 9.17) is 4.74 Å². The molecule has 1 fully saturated rings. The number of ether oxygens (including phenoxy) is 1. The molecule has 1 amide bonds. The average Bonchev–Trinajstić information content (AvgIpc) is 3.10. The van der Waals surface area contributed by atoms with Crippen LogP contribution in [0.25, 0.3) is 11.3 Å². The monoisotopic (exact) mass is 408 g/mol. The second-order valence-corrected chi connectivity index (χ2v) is 7.41. The number of carbonyl (C=O) groups excluding carboxylic acids is 1. The summed E-state index contributed by atoms with van der Waals surface area (Å²) >= 11 is 0. The number of amides is 1. The number of hydrogen-bond acceptors (Lipinski definition) is 4. The zero-order valence-electron chi connectivity index (χ0n) is 17.2. The Morgan fingerprint density at radius 3 is 2.60 bits per heavy atom. The van der Waals surface area contributed by atoms with Crippen LogP contribution in [0.2, 0.25) is 0 Å². The highest BCUT2D eigenvalue weighted by molar-refractivity contribution is 6.06. The molecule has 0 aliphatic carbocycles. The Bertz CT molecular complexity index is 1060. The Kier molecular flexibility index (Phi) is 5.70. The summed E-state index contributed by atoms with van der Waals surface area (Å²) in [6, 6.07) is 13.4. The van der Waals surface area contributed by atoms with Crippen LogP contribution in [0.5, 0.6) is 5.75 Å². The van der Waals surface area contributed by atoms with E-state index in [1.165, 1.54) is 18.6 Å². The normalized spacial score (nSPS) is 13.9. The Hall–Kier alpha value is -3.35. The molecule has 30 heavy (non-hydrogen) atoms. The predicted molar refractivity (Wildman–Crippen MR) is 116 cm³/mol. The molecule has 156 valence electrons. The van der Waals surface area contributed by atoms with Crippen LogP contribution in [0.4, 0.5) is 15.9 Å². The molecule has 0 spiro atoms. The molecule has 0 atom stereocenters. The fourth-order valence-electron chi connectivity index (χ4n) is 3.84. The maximum Gasteiger partial charge on any atom is 0.257 e. The second-order valence-electron chi connectivity index (χ2n) is 7.41. The molecule has 1 aliphatic heterocycles. The van der Waals surface area contributed by atoms with Crippen LogP contribution in [0.3, 0.4) is 0 Å². The number of carbonyl (C=O) groups is 1. The quantitative estimate of drug-likeness (QED) is 0.676. The SMILES string of the molecule is COc1cccc(C(=O)Nc2c(N3CCCCC3)c(-c3cccc(F)c3)nn2C)c1. The summed E-state index contributed by atoms with van der Waals surface area (Å²) in [6.07, 6.45) is 3.32. The van der Waals surface area contributed by atoms with Crippen molar-refractivity contribution >= 4 is 17.4 Å². The minimum Gasteiger partial charge on any atom is -0.497 e. The fourth-order valence-corrected chi connectivity index (χ4v) is 3.84. The van der Waals surface area contributed by atoms with E-state index < -0.39 is 0 Å². The molecule has 1 aromatic heterocycles. The molecule has 2 aromatic carbocycles. The molecule has 1 aliphatic rings. The number of rotatable bonds is 5. The third-order valence-electron chi connectivity index (χ3n) is 5.36. The molecule has 0 unspecified atom stereocenters. The molecule has 0 saturated carbocycles. The minimum atomic E-state index is -0.315. The molecule has 6 nitrogen and oxygen atoms in total. The lowest BCUT2D eigenvalue weighted by atomic mass is 10.1. The van der Waals surface area contributed by atoms with E-state index in [2.05, 4.69) is 15.3 Å². The van der Waals surface area contributed by atoms with Gasteiger partial charge in [-0.3, -0.25) is 9.48 Å². The van der Waals surface area contributed by atoms with E-state index in [1.807, 2.05) is 6.07 Å². The Labute approximate surface area is 175 Å². The Morgan fingerprint density at radius 1 is 1.10 bits per heavy atom. The highest BCUT2D eigenvalue weighted by atomic mass is 19.1. The first kappa shape index (κ1) is 19.9. The molecule has 1 N–H and O–H groups in total. The van der Waals surface area contributed by atoms with Crippen molar-refractivity contribution in [1.29, 1.82) is 0 Å². The number of halogens is 1. The van der Waals surface area contributed by atoms with Gasteiger partial charge in [0.15, 0.2) is 5.82 Å². The fraction of sp³-hybridized carbons (Fsp3) is 0.304. The van der Waals surface area contributed by atoms with Crippen LogP contribution in [-0.4, -0.2) is 35.9 Å². The standard InChI is InChI=1S/C23H25FN4O2/c1-27-22(25-23(29)17-9-7-11-19(15-17)30-2)21(28-12-4-3-5-13-28)20(26-27)16-8-6-10-18(24)14-16/h6-11,14-15H,3-5,12-13H2,1-2H3,(H,25,29). The molecule has 0 radical (unpaired) electrons. The first-order valence-electron chi connectivity index (χ1n) is 10.1. The van der Waals surface area contributed by atoms with Gasteiger partial charge in [-0.1, -0.05) is 18.2 Å².